The molecule has 0 radical (unpaired) electrons. The van der Waals surface area contributed by atoms with E-state index in [1.807, 2.05) is 11.0 Å². The molecule has 15 heteroatoms. The molecule has 3 atom stereocenters. The van der Waals surface area contributed by atoms with Crippen LogP contribution in [0, 0.1) is 23.0 Å². The second-order valence-electron chi connectivity index (χ2n) is 12.1. The molecule has 0 bridgehead atoms. The number of fused-ring (bicyclic) bond motifs is 3. The summed E-state index contributed by atoms with van der Waals surface area (Å²) in [6.45, 7) is 1.72. The number of hydrogen-bond acceptors (Lipinski definition) is 9. The van der Waals surface area contributed by atoms with Crippen LogP contribution in [0.5, 0.6) is 6.01 Å². The van der Waals surface area contributed by atoms with Gasteiger partial charge in [-0.05, 0) is 43.5 Å². The van der Waals surface area contributed by atoms with E-state index in [1.54, 1.807) is 11.9 Å². The Morgan fingerprint density at radius 2 is 2.09 bits per heavy atom. The van der Waals surface area contributed by atoms with Gasteiger partial charge >= 0.3 is 12.2 Å². The predicted octanol–water partition coefficient (Wildman–Crippen LogP) is 6.44. The van der Waals surface area contributed by atoms with Crippen LogP contribution in [0.1, 0.15) is 36.8 Å². The highest BCUT2D eigenvalue weighted by Gasteiger charge is 2.49. The van der Waals surface area contributed by atoms with E-state index < -0.39 is 46.2 Å². The van der Waals surface area contributed by atoms with Crippen LogP contribution in [0.4, 0.5) is 37.2 Å². The lowest BCUT2D eigenvalue weighted by molar-refractivity contribution is -0.137. The maximum absolute atomic E-state index is 16.9. The number of aromatic nitrogens is 2. The van der Waals surface area contributed by atoms with E-state index in [9.17, 15) is 27.2 Å². The molecule has 3 aliphatic rings. The molecule has 3 saturated heterocycles. The fourth-order valence-electron chi connectivity index (χ4n) is 7.17. The van der Waals surface area contributed by atoms with Gasteiger partial charge in [0.25, 0.3) is 0 Å². The van der Waals surface area contributed by atoms with Crippen LogP contribution in [-0.4, -0.2) is 72.6 Å². The highest BCUT2D eigenvalue weighted by atomic mass is 32.1. The van der Waals surface area contributed by atoms with Crippen molar-refractivity contribution in [3.05, 3.63) is 41.0 Å². The van der Waals surface area contributed by atoms with E-state index in [-0.39, 0.29) is 75.6 Å². The van der Waals surface area contributed by atoms with Gasteiger partial charge in [-0.1, -0.05) is 6.07 Å². The number of thiophene rings is 1. The minimum atomic E-state index is -5.07. The third-order valence-electron chi connectivity index (χ3n) is 9.41. The first-order valence-corrected chi connectivity index (χ1v) is 15.6. The molecule has 5 heterocycles. The maximum atomic E-state index is 16.9. The first kappa shape index (κ1) is 30.8. The summed E-state index contributed by atoms with van der Waals surface area (Å²) in [5, 5.41) is 9.22. The Labute approximate surface area is 263 Å². The lowest BCUT2D eigenvalue weighted by Gasteiger charge is -2.31. The van der Waals surface area contributed by atoms with Crippen LogP contribution >= 0.6 is 11.3 Å². The van der Waals surface area contributed by atoms with Gasteiger partial charge < -0.3 is 20.1 Å². The number of nitrogen functional groups attached to an aromatic ring is 1. The molecule has 4 aromatic rings. The molecule has 7 rings (SSSR count). The average Bonchev–Trinajstić information content (AvgIpc) is 3.79. The number of rotatable bonds is 6. The first-order chi connectivity index (χ1) is 21.9. The van der Waals surface area contributed by atoms with Crippen molar-refractivity contribution < 1.29 is 35.8 Å². The molecule has 46 heavy (non-hydrogen) atoms. The normalized spacial score (nSPS) is 23.3. The van der Waals surface area contributed by atoms with Gasteiger partial charge in [0, 0.05) is 43.0 Å². The standard InChI is InChI=1S/C31H28F6N6O2S/c1-42(16-5-8-44-13-16)28-18-9-20(31(35,36)37)23(17-3-4-21(33)26-22(17)19(11-38)27(39)46-26)24(34)25(18)40-29(41-28)45-14-30-6-2-7-43(30)12-15(32)10-30/h3-4,9,15-16H,2,5-8,10,12-14,39H2,1H3/t15-,16+,30+/m1/s1. The Morgan fingerprint density at radius 1 is 1.28 bits per heavy atom. The van der Waals surface area contributed by atoms with Crippen molar-refractivity contribution in [3.63, 3.8) is 0 Å². The van der Waals surface area contributed by atoms with Gasteiger partial charge in [0.2, 0.25) is 0 Å². The van der Waals surface area contributed by atoms with Gasteiger partial charge in [0.15, 0.2) is 5.82 Å². The largest absolute Gasteiger partial charge is 0.461 e. The number of alkyl halides is 4. The summed E-state index contributed by atoms with van der Waals surface area (Å²) in [5.41, 5.74) is 2.03. The molecule has 3 aliphatic heterocycles. The number of anilines is 2. The molecule has 242 valence electrons. The number of benzene rings is 2. The molecular formula is C31H28F6N6O2S. The van der Waals surface area contributed by atoms with Crippen molar-refractivity contribution in [3.8, 4) is 23.2 Å². The highest BCUT2D eigenvalue weighted by molar-refractivity contribution is 7.23. The van der Waals surface area contributed by atoms with Crippen LogP contribution in [0.3, 0.4) is 0 Å². The second-order valence-corrected chi connectivity index (χ2v) is 13.1. The van der Waals surface area contributed by atoms with E-state index in [1.165, 1.54) is 0 Å². The molecule has 0 amide bonds. The van der Waals surface area contributed by atoms with E-state index in [0.717, 1.165) is 24.6 Å². The van der Waals surface area contributed by atoms with Gasteiger partial charge in [0.05, 0.1) is 34.0 Å². The molecule has 2 aromatic carbocycles. The first-order valence-electron chi connectivity index (χ1n) is 14.8. The fraction of sp³-hybridized carbons (Fsp3) is 0.452. The van der Waals surface area contributed by atoms with E-state index in [0.29, 0.717) is 37.3 Å². The van der Waals surface area contributed by atoms with Crippen LogP contribution in [0.15, 0.2) is 18.2 Å². The predicted molar refractivity (Wildman–Crippen MR) is 161 cm³/mol. The third-order valence-corrected chi connectivity index (χ3v) is 10.4. The third kappa shape index (κ3) is 4.89. The minimum absolute atomic E-state index is 0.00348. The number of hydrogen-bond donors (Lipinski definition) is 1. The van der Waals surface area contributed by atoms with Crippen molar-refractivity contribution >= 4 is 43.1 Å². The summed E-state index contributed by atoms with van der Waals surface area (Å²) >= 11 is 0.692. The molecule has 0 unspecified atom stereocenters. The Balaban J connectivity index is 1.46. The molecule has 0 saturated carbocycles. The second kappa shape index (κ2) is 11.1. The van der Waals surface area contributed by atoms with E-state index in [2.05, 4.69) is 9.97 Å². The quantitative estimate of drug-likeness (QED) is 0.236. The van der Waals surface area contributed by atoms with Crippen molar-refractivity contribution in [2.75, 3.05) is 50.6 Å². The van der Waals surface area contributed by atoms with Crippen LogP contribution < -0.4 is 15.4 Å². The van der Waals surface area contributed by atoms with Gasteiger partial charge in [-0.2, -0.15) is 28.4 Å². The molecular weight excluding hydrogens is 634 g/mol. The summed E-state index contributed by atoms with van der Waals surface area (Å²) in [6, 6.07) is 3.98. The Hall–Kier alpha value is -3.87. The van der Waals surface area contributed by atoms with Gasteiger partial charge in [0.1, 0.15) is 41.0 Å². The number of nitriles is 1. The van der Waals surface area contributed by atoms with Crippen molar-refractivity contribution in [2.24, 2.45) is 0 Å². The average molecular weight is 663 g/mol. The molecule has 3 fully saturated rings. The van der Waals surface area contributed by atoms with Crippen molar-refractivity contribution in [1.82, 2.24) is 14.9 Å². The maximum Gasteiger partial charge on any atom is 0.417 e. The topological polar surface area (TPSA) is 101 Å². The number of halogens is 6. The zero-order valence-corrected chi connectivity index (χ0v) is 25.4. The summed E-state index contributed by atoms with van der Waals surface area (Å²) in [5.74, 6) is -2.15. The number of nitrogens with two attached hydrogens (primary N) is 1. The van der Waals surface area contributed by atoms with Crippen LogP contribution in [0.2, 0.25) is 0 Å². The molecule has 8 nitrogen and oxygen atoms in total. The van der Waals surface area contributed by atoms with Crippen LogP contribution in [-0.2, 0) is 10.9 Å². The summed E-state index contributed by atoms with van der Waals surface area (Å²) < 4.78 is 102. The lowest BCUT2D eigenvalue weighted by atomic mass is 9.92. The van der Waals surface area contributed by atoms with Gasteiger partial charge in [-0.25, -0.2) is 13.2 Å². The van der Waals surface area contributed by atoms with Crippen molar-refractivity contribution in [2.45, 2.75) is 49.6 Å². The highest BCUT2D eigenvalue weighted by Crippen LogP contribution is 2.48. The van der Waals surface area contributed by atoms with Crippen molar-refractivity contribution in [1.29, 1.82) is 5.26 Å². The zero-order valence-electron chi connectivity index (χ0n) is 24.6. The fourth-order valence-corrected chi connectivity index (χ4v) is 8.12. The lowest BCUT2D eigenvalue weighted by Crippen LogP contribution is -2.43. The smallest absolute Gasteiger partial charge is 0.417 e. The summed E-state index contributed by atoms with van der Waals surface area (Å²) in [4.78, 5) is 12.4. The van der Waals surface area contributed by atoms with E-state index in [4.69, 9.17) is 15.2 Å². The zero-order chi connectivity index (χ0) is 32.5. The Morgan fingerprint density at radius 3 is 2.80 bits per heavy atom. The minimum Gasteiger partial charge on any atom is -0.461 e. The Bertz CT molecular complexity index is 1910. The summed E-state index contributed by atoms with van der Waals surface area (Å²) in [6.07, 6.45) is -3.74. The van der Waals surface area contributed by atoms with Crippen LogP contribution in [0.25, 0.3) is 32.1 Å². The monoisotopic (exact) mass is 662 g/mol. The van der Waals surface area contributed by atoms with Gasteiger partial charge in [-0.15, -0.1) is 11.3 Å². The molecule has 2 aromatic heterocycles. The van der Waals surface area contributed by atoms with Gasteiger partial charge in [-0.3, -0.25) is 4.90 Å². The summed E-state index contributed by atoms with van der Waals surface area (Å²) in [7, 11) is 1.63. The number of likely N-dealkylation sites (N-methyl/N-ethyl adjacent to an activating group) is 1. The molecule has 0 aliphatic carbocycles. The number of nitrogens with zero attached hydrogens (tertiary/aromatic N) is 5. The van der Waals surface area contributed by atoms with E-state index >= 15 is 4.39 Å². The number of ether oxygens (including phenoxy) is 2. The Kier molecular flexibility index (Phi) is 7.45. The molecule has 2 N–H and O–H groups in total. The SMILES string of the molecule is CN(c1nc(OC[C@@]23CCCN2C[C@H](F)C3)nc2c(F)c(-c3ccc(F)c4sc(N)c(C#N)c34)c(C(F)(F)F)cc12)[C@H]1CCOC1. The molecule has 0 spiro atoms.